The van der Waals surface area contributed by atoms with Crippen molar-refractivity contribution in [3.63, 3.8) is 0 Å². The van der Waals surface area contributed by atoms with Gasteiger partial charge in [0.25, 0.3) is 0 Å². The van der Waals surface area contributed by atoms with Gasteiger partial charge in [0.1, 0.15) is 16.6 Å². The molecule has 0 amide bonds. The molecule has 0 spiro atoms. The van der Waals surface area contributed by atoms with Crippen LogP contribution in [0.5, 0.6) is 0 Å². The SMILES string of the molecule is Cc1nc2ccc(F)cc2n1-c1ccc(-c2nc3ccccc3s2)cc1. The van der Waals surface area contributed by atoms with Crippen molar-refractivity contribution in [3.05, 3.63) is 78.4 Å². The molecule has 0 fully saturated rings. The molecule has 5 rings (SSSR count). The molecule has 0 saturated heterocycles. The molecule has 0 atom stereocenters. The summed E-state index contributed by atoms with van der Waals surface area (Å²) in [6, 6.07) is 21.0. The zero-order valence-electron chi connectivity index (χ0n) is 14.0. The second-order valence-corrected chi connectivity index (χ2v) is 7.19. The lowest BCUT2D eigenvalue weighted by Gasteiger charge is -2.07. The third-order valence-electron chi connectivity index (χ3n) is 4.45. The number of hydrogen-bond acceptors (Lipinski definition) is 3. The van der Waals surface area contributed by atoms with Crippen LogP contribution in [0.3, 0.4) is 0 Å². The Bertz CT molecular complexity index is 1220. The number of rotatable bonds is 2. The second-order valence-electron chi connectivity index (χ2n) is 6.16. The molecule has 3 nitrogen and oxygen atoms in total. The molecule has 126 valence electrons. The third kappa shape index (κ3) is 2.40. The average molecular weight is 359 g/mol. The van der Waals surface area contributed by atoms with E-state index in [1.54, 1.807) is 17.4 Å². The minimum absolute atomic E-state index is 0.259. The van der Waals surface area contributed by atoms with E-state index < -0.39 is 0 Å². The lowest BCUT2D eigenvalue weighted by Crippen LogP contribution is -1.96. The number of nitrogens with zero attached hydrogens (tertiary/aromatic N) is 3. The van der Waals surface area contributed by atoms with Crippen molar-refractivity contribution in [3.8, 4) is 16.3 Å². The standard InChI is InChI=1S/C21H14FN3S/c1-13-23-17-11-8-15(22)12-19(17)25(13)16-9-6-14(7-10-16)21-24-18-4-2-3-5-20(18)26-21/h2-12H,1H3. The van der Waals surface area contributed by atoms with E-state index in [4.69, 9.17) is 4.98 Å². The summed E-state index contributed by atoms with van der Waals surface area (Å²) in [5, 5.41) is 0.996. The Kier molecular flexibility index (Phi) is 3.36. The molecule has 0 unspecified atom stereocenters. The van der Waals surface area contributed by atoms with Crippen LogP contribution in [0.2, 0.25) is 0 Å². The largest absolute Gasteiger partial charge is 0.296 e. The topological polar surface area (TPSA) is 30.7 Å². The predicted molar refractivity (Wildman–Crippen MR) is 104 cm³/mol. The fraction of sp³-hybridized carbons (Fsp3) is 0.0476. The molecule has 0 aliphatic heterocycles. The first-order valence-corrected chi connectivity index (χ1v) is 9.12. The predicted octanol–water partition coefficient (Wildman–Crippen LogP) is 5.75. The molecule has 5 aromatic rings. The van der Waals surface area contributed by atoms with Crippen LogP contribution in [0, 0.1) is 12.7 Å². The van der Waals surface area contributed by atoms with Crippen LogP contribution < -0.4 is 0 Å². The van der Waals surface area contributed by atoms with Gasteiger partial charge >= 0.3 is 0 Å². The maximum absolute atomic E-state index is 13.7. The molecule has 0 aliphatic carbocycles. The van der Waals surface area contributed by atoms with Crippen LogP contribution in [0.1, 0.15) is 5.82 Å². The highest BCUT2D eigenvalue weighted by Crippen LogP contribution is 2.31. The Morgan fingerprint density at radius 3 is 2.50 bits per heavy atom. The van der Waals surface area contributed by atoms with Gasteiger partial charge in [0.15, 0.2) is 0 Å². The number of hydrogen-bond donors (Lipinski definition) is 0. The zero-order chi connectivity index (χ0) is 17.7. The van der Waals surface area contributed by atoms with Crippen LogP contribution >= 0.6 is 11.3 Å². The van der Waals surface area contributed by atoms with Gasteiger partial charge in [-0.1, -0.05) is 12.1 Å². The summed E-state index contributed by atoms with van der Waals surface area (Å²) in [5.41, 5.74) is 4.61. The maximum Gasteiger partial charge on any atom is 0.125 e. The van der Waals surface area contributed by atoms with E-state index in [9.17, 15) is 4.39 Å². The molecule has 0 aliphatic rings. The average Bonchev–Trinajstić information content (AvgIpc) is 3.22. The van der Waals surface area contributed by atoms with E-state index in [0.717, 1.165) is 38.6 Å². The number of para-hydroxylation sites is 1. The summed E-state index contributed by atoms with van der Waals surface area (Å²) < 4.78 is 16.8. The van der Waals surface area contributed by atoms with Crippen LogP contribution in [-0.4, -0.2) is 14.5 Å². The quantitative estimate of drug-likeness (QED) is 0.402. The summed E-state index contributed by atoms with van der Waals surface area (Å²) in [6.45, 7) is 1.93. The van der Waals surface area contributed by atoms with Crippen molar-refractivity contribution in [2.24, 2.45) is 0 Å². The Morgan fingerprint density at radius 2 is 1.69 bits per heavy atom. The van der Waals surface area contributed by atoms with Gasteiger partial charge < -0.3 is 0 Å². The molecule has 26 heavy (non-hydrogen) atoms. The van der Waals surface area contributed by atoms with Crippen molar-refractivity contribution in [1.82, 2.24) is 14.5 Å². The summed E-state index contributed by atoms with van der Waals surface area (Å²) in [5.74, 6) is 0.572. The minimum Gasteiger partial charge on any atom is -0.296 e. The molecule has 0 bridgehead atoms. The van der Waals surface area contributed by atoms with Crippen molar-refractivity contribution in [2.45, 2.75) is 6.92 Å². The summed E-state index contributed by atoms with van der Waals surface area (Å²) in [6.07, 6.45) is 0. The van der Waals surface area contributed by atoms with Gasteiger partial charge in [-0.25, -0.2) is 14.4 Å². The van der Waals surface area contributed by atoms with E-state index in [1.165, 1.54) is 16.8 Å². The van der Waals surface area contributed by atoms with Gasteiger partial charge in [-0.3, -0.25) is 4.57 Å². The van der Waals surface area contributed by atoms with E-state index >= 15 is 0 Å². The molecule has 0 saturated carbocycles. The van der Waals surface area contributed by atoms with E-state index in [0.29, 0.717) is 0 Å². The molecule has 2 heterocycles. The van der Waals surface area contributed by atoms with Crippen LogP contribution in [0.4, 0.5) is 4.39 Å². The summed E-state index contributed by atoms with van der Waals surface area (Å²) in [4.78, 5) is 9.23. The fourth-order valence-electron chi connectivity index (χ4n) is 3.24. The molecule has 3 aromatic carbocycles. The van der Waals surface area contributed by atoms with Crippen molar-refractivity contribution < 1.29 is 4.39 Å². The minimum atomic E-state index is -0.259. The third-order valence-corrected chi connectivity index (χ3v) is 5.54. The number of halogens is 1. The van der Waals surface area contributed by atoms with Gasteiger partial charge in [-0.2, -0.15) is 0 Å². The smallest absolute Gasteiger partial charge is 0.125 e. The van der Waals surface area contributed by atoms with Crippen LogP contribution in [0.25, 0.3) is 37.5 Å². The van der Waals surface area contributed by atoms with E-state index in [2.05, 4.69) is 23.2 Å². The Balaban J connectivity index is 1.60. The summed E-state index contributed by atoms with van der Waals surface area (Å²) >= 11 is 1.68. The monoisotopic (exact) mass is 359 g/mol. The number of thiazole rings is 1. The molecule has 0 N–H and O–H groups in total. The lowest BCUT2D eigenvalue weighted by molar-refractivity contribution is 0.629. The van der Waals surface area contributed by atoms with Gasteiger partial charge in [0.2, 0.25) is 0 Å². The molecule has 2 aromatic heterocycles. The lowest BCUT2D eigenvalue weighted by atomic mass is 10.2. The van der Waals surface area contributed by atoms with Crippen molar-refractivity contribution in [1.29, 1.82) is 0 Å². The first-order chi connectivity index (χ1) is 12.7. The van der Waals surface area contributed by atoms with Gasteiger partial charge in [-0.15, -0.1) is 11.3 Å². The molecular weight excluding hydrogens is 345 g/mol. The first kappa shape index (κ1) is 15.2. The Hall–Kier alpha value is -3.05. The van der Waals surface area contributed by atoms with Crippen LogP contribution in [0.15, 0.2) is 66.7 Å². The zero-order valence-corrected chi connectivity index (χ0v) is 14.8. The highest BCUT2D eigenvalue weighted by Gasteiger charge is 2.11. The number of fused-ring (bicyclic) bond motifs is 2. The van der Waals surface area contributed by atoms with Gasteiger partial charge in [0, 0.05) is 17.3 Å². The van der Waals surface area contributed by atoms with Crippen molar-refractivity contribution >= 4 is 32.6 Å². The molecule has 0 radical (unpaired) electrons. The Labute approximate surface area is 153 Å². The van der Waals surface area contributed by atoms with E-state index in [1.807, 2.05) is 41.8 Å². The van der Waals surface area contributed by atoms with E-state index in [-0.39, 0.29) is 5.82 Å². The molecule has 5 heteroatoms. The number of aryl methyl sites for hydroxylation is 1. The number of aromatic nitrogens is 3. The number of imidazole rings is 1. The highest BCUT2D eigenvalue weighted by molar-refractivity contribution is 7.21. The highest BCUT2D eigenvalue weighted by atomic mass is 32.1. The van der Waals surface area contributed by atoms with Gasteiger partial charge in [0.05, 0.1) is 21.3 Å². The van der Waals surface area contributed by atoms with Crippen molar-refractivity contribution in [2.75, 3.05) is 0 Å². The second kappa shape index (κ2) is 5.75. The normalized spacial score (nSPS) is 11.5. The number of benzene rings is 3. The van der Waals surface area contributed by atoms with Crippen LogP contribution in [-0.2, 0) is 0 Å². The fourth-order valence-corrected chi connectivity index (χ4v) is 4.21. The maximum atomic E-state index is 13.7. The van der Waals surface area contributed by atoms with Gasteiger partial charge in [-0.05, 0) is 55.5 Å². The molecular formula is C21H14FN3S. The summed E-state index contributed by atoms with van der Waals surface area (Å²) in [7, 11) is 0. The first-order valence-electron chi connectivity index (χ1n) is 8.30. The Morgan fingerprint density at radius 1 is 0.885 bits per heavy atom.